The van der Waals surface area contributed by atoms with Crippen LogP contribution in [0.15, 0.2) is 0 Å². The minimum Gasteiger partial charge on any atom is -0.390 e. The van der Waals surface area contributed by atoms with Crippen LogP contribution >= 0.6 is 0 Å². The van der Waals surface area contributed by atoms with Crippen LogP contribution in [0.2, 0.25) is 0 Å². The van der Waals surface area contributed by atoms with Crippen LogP contribution in [0.25, 0.3) is 0 Å². The third-order valence-electron chi connectivity index (χ3n) is 1.95. The molecule has 9 heavy (non-hydrogen) atoms. The van der Waals surface area contributed by atoms with E-state index in [4.69, 9.17) is 0 Å². The Labute approximate surface area is 54.9 Å². The van der Waals surface area contributed by atoms with Crippen molar-refractivity contribution >= 4 is 5.78 Å². The monoisotopic (exact) mass is 128 g/mol. The second-order valence-electron chi connectivity index (χ2n) is 3.21. The molecule has 1 fully saturated rings. The number of Topliss-reactive ketones (excluding diaryl/α,β-unsaturated/α-hetero) is 1. The van der Waals surface area contributed by atoms with Gasteiger partial charge in [0.2, 0.25) is 0 Å². The van der Waals surface area contributed by atoms with Crippen molar-refractivity contribution in [3.63, 3.8) is 0 Å². The third kappa shape index (κ3) is 1.30. The molecule has 0 aromatic carbocycles. The molecule has 0 bridgehead atoms. The highest BCUT2D eigenvalue weighted by Crippen LogP contribution is 2.37. The average molecular weight is 128 g/mol. The van der Waals surface area contributed by atoms with Crippen LogP contribution in [0.4, 0.5) is 0 Å². The molecule has 0 amide bonds. The lowest BCUT2D eigenvalue weighted by molar-refractivity contribution is -0.134. The van der Waals surface area contributed by atoms with E-state index in [1.54, 1.807) is 13.8 Å². The van der Waals surface area contributed by atoms with Crippen molar-refractivity contribution in [2.45, 2.75) is 32.3 Å². The number of carbonyl (C=O) groups is 1. The van der Waals surface area contributed by atoms with Crippen molar-refractivity contribution in [1.29, 1.82) is 0 Å². The minimum atomic E-state index is -0.545. The smallest absolute Gasteiger partial charge is 0.133 e. The Morgan fingerprint density at radius 3 is 2.22 bits per heavy atom. The quantitative estimate of drug-likeness (QED) is 0.565. The van der Waals surface area contributed by atoms with Crippen LogP contribution in [0.1, 0.15) is 26.7 Å². The van der Waals surface area contributed by atoms with Gasteiger partial charge in [-0.25, -0.2) is 0 Å². The summed E-state index contributed by atoms with van der Waals surface area (Å²) >= 11 is 0. The van der Waals surface area contributed by atoms with Crippen molar-refractivity contribution in [1.82, 2.24) is 0 Å². The number of ketones is 1. The number of rotatable bonds is 1. The van der Waals surface area contributed by atoms with E-state index in [-0.39, 0.29) is 11.7 Å². The summed E-state index contributed by atoms with van der Waals surface area (Å²) in [6, 6.07) is 0. The Bertz CT molecular complexity index is 130. The SMILES string of the molecule is CC(=O)[C@H]1C[C@@](C)(O)C1. The molecule has 0 spiro atoms. The van der Waals surface area contributed by atoms with Crippen LogP contribution in [-0.2, 0) is 4.79 Å². The molecular formula is C7H12O2. The van der Waals surface area contributed by atoms with Crippen LogP contribution in [0, 0.1) is 5.92 Å². The maximum absolute atomic E-state index is 10.6. The van der Waals surface area contributed by atoms with E-state index in [2.05, 4.69) is 0 Å². The zero-order chi connectivity index (χ0) is 7.07. The fraction of sp³-hybridized carbons (Fsp3) is 0.857. The lowest BCUT2D eigenvalue weighted by Crippen LogP contribution is -2.43. The van der Waals surface area contributed by atoms with Crippen molar-refractivity contribution in [3.05, 3.63) is 0 Å². The molecule has 1 aliphatic carbocycles. The van der Waals surface area contributed by atoms with E-state index in [1.807, 2.05) is 0 Å². The molecule has 0 atom stereocenters. The van der Waals surface area contributed by atoms with E-state index in [9.17, 15) is 9.90 Å². The van der Waals surface area contributed by atoms with Gasteiger partial charge in [0, 0.05) is 5.92 Å². The Kier molecular flexibility index (Phi) is 1.35. The molecule has 0 heterocycles. The lowest BCUT2D eigenvalue weighted by atomic mass is 9.70. The van der Waals surface area contributed by atoms with Gasteiger partial charge >= 0.3 is 0 Å². The Morgan fingerprint density at radius 1 is 1.67 bits per heavy atom. The number of aliphatic hydroxyl groups is 1. The van der Waals surface area contributed by atoms with E-state index in [1.165, 1.54) is 0 Å². The maximum atomic E-state index is 10.6. The molecule has 2 heteroatoms. The summed E-state index contributed by atoms with van der Waals surface area (Å²) in [6.45, 7) is 3.35. The largest absolute Gasteiger partial charge is 0.390 e. The first-order valence-electron chi connectivity index (χ1n) is 3.24. The summed E-state index contributed by atoms with van der Waals surface area (Å²) in [5, 5.41) is 9.18. The first-order chi connectivity index (χ1) is 4.01. The second-order valence-corrected chi connectivity index (χ2v) is 3.21. The van der Waals surface area contributed by atoms with Crippen molar-refractivity contribution < 1.29 is 9.90 Å². The molecule has 1 N–H and O–H groups in total. The molecule has 2 nitrogen and oxygen atoms in total. The van der Waals surface area contributed by atoms with Crippen LogP contribution < -0.4 is 0 Å². The molecular weight excluding hydrogens is 116 g/mol. The van der Waals surface area contributed by atoms with Gasteiger partial charge in [-0.05, 0) is 26.7 Å². The van der Waals surface area contributed by atoms with Gasteiger partial charge in [-0.3, -0.25) is 4.79 Å². The molecule has 0 unspecified atom stereocenters. The van der Waals surface area contributed by atoms with E-state index in [0.29, 0.717) is 12.8 Å². The molecule has 0 radical (unpaired) electrons. The van der Waals surface area contributed by atoms with Gasteiger partial charge in [-0.1, -0.05) is 0 Å². The van der Waals surface area contributed by atoms with E-state index < -0.39 is 5.60 Å². The van der Waals surface area contributed by atoms with Gasteiger partial charge in [0.05, 0.1) is 5.60 Å². The van der Waals surface area contributed by atoms with E-state index in [0.717, 1.165) is 0 Å². The second kappa shape index (κ2) is 1.81. The van der Waals surface area contributed by atoms with E-state index >= 15 is 0 Å². The van der Waals surface area contributed by atoms with Gasteiger partial charge in [-0.15, -0.1) is 0 Å². The predicted molar refractivity (Wildman–Crippen MR) is 34.0 cm³/mol. The fourth-order valence-corrected chi connectivity index (χ4v) is 1.29. The summed E-state index contributed by atoms with van der Waals surface area (Å²) in [4.78, 5) is 10.6. The van der Waals surface area contributed by atoms with Crippen LogP contribution in [0.3, 0.4) is 0 Å². The summed E-state index contributed by atoms with van der Waals surface area (Å²) in [7, 11) is 0. The normalized spacial score (nSPS) is 41.9. The molecule has 1 rings (SSSR count). The standard InChI is InChI=1S/C7H12O2/c1-5(8)6-3-7(2,9)4-6/h6,9H,3-4H2,1-2H3/t6-,7+. The Hall–Kier alpha value is -0.370. The van der Waals surface area contributed by atoms with Gasteiger partial charge < -0.3 is 5.11 Å². The Morgan fingerprint density at radius 2 is 2.11 bits per heavy atom. The molecule has 1 aliphatic rings. The van der Waals surface area contributed by atoms with Crippen molar-refractivity contribution in [2.24, 2.45) is 5.92 Å². The topological polar surface area (TPSA) is 37.3 Å². The molecule has 0 saturated heterocycles. The maximum Gasteiger partial charge on any atom is 0.133 e. The van der Waals surface area contributed by atoms with Gasteiger partial charge in [-0.2, -0.15) is 0 Å². The van der Waals surface area contributed by atoms with Crippen molar-refractivity contribution in [2.75, 3.05) is 0 Å². The first kappa shape index (κ1) is 6.75. The van der Waals surface area contributed by atoms with Crippen LogP contribution in [-0.4, -0.2) is 16.5 Å². The number of hydrogen-bond acceptors (Lipinski definition) is 2. The average Bonchev–Trinajstić information content (AvgIpc) is 1.59. The number of hydrogen-bond donors (Lipinski definition) is 1. The summed E-state index contributed by atoms with van der Waals surface area (Å²) < 4.78 is 0. The minimum absolute atomic E-state index is 0.139. The van der Waals surface area contributed by atoms with Gasteiger partial charge in [0.15, 0.2) is 0 Å². The molecule has 0 aromatic rings. The molecule has 52 valence electrons. The zero-order valence-corrected chi connectivity index (χ0v) is 5.85. The first-order valence-corrected chi connectivity index (χ1v) is 3.24. The zero-order valence-electron chi connectivity index (χ0n) is 5.85. The number of carbonyl (C=O) groups excluding carboxylic acids is 1. The highest BCUT2D eigenvalue weighted by atomic mass is 16.3. The molecule has 0 aromatic heterocycles. The third-order valence-corrected chi connectivity index (χ3v) is 1.95. The molecule has 0 aliphatic heterocycles. The van der Waals surface area contributed by atoms with Crippen LogP contribution in [0.5, 0.6) is 0 Å². The highest BCUT2D eigenvalue weighted by Gasteiger charge is 2.40. The summed E-state index contributed by atoms with van der Waals surface area (Å²) in [6.07, 6.45) is 1.31. The summed E-state index contributed by atoms with van der Waals surface area (Å²) in [5.74, 6) is 0.349. The lowest BCUT2D eigenvalue weighted by Gasteiger charge is -2.39. The predicted octanol–water partition coefficient (Wildman–Crippen LogP) is 0.736. The highest BCUT2D eigenvalue weighted by molar-refractivity contribution is 5.79. The molecule has 1 saturated carbocycles. The summed E-state index contributed by atoms with van der Waals surface area (Å²) in [5.41, 5.74) is -0.545. The van der Waals surface area contributed by atoms with Gasteiger partial charge in [0.1, 0.15) is 5.78 Å². The Balaban J connectivity index is 2.35. The van der Waals surface area contributed by atoms with Gasteiger partial charge in [0.25, 0.3) is 0 Å². The van der Waals surface area contributed by atoms with Crippen molar-refractivity contribution in [3.8, 4) is 0 Å². The fourth-order valence-electron chi connectivity index (χ4n) is 1.29.